The van der Waals surface area contributed by atoms with Crippen LogP contribution >= 0.6 is 11.3 Å². The van der Waals surface area contributed by atoms with Crippen LogP contribution in [0.4, 0.5) is 4.79 Å². The van der Waals surface area contributed by atoms with Crippen LogP contribution in [0, 0.1) is 0 Å². The normalized spacial score (nSPS) is 9.61. The number of amides is 3. The van der Waals surface area contributed by atoms with E-state index >= 15 is 0 Å². The lowest BCUT2D eigenvalue weighted by atomic mass is 10.5. The van der Waals surface area contributed by atoms with E-state index in [4.69, 9.17) is 5.11 Å². The maximum Gasteiger partial charge on any atom is 0.355 e. The minimum atomic E-state index is -1.11. The first-order valence-electron chi connectivity index (χ1n) is 4.93. The van der Waals surface area contributed by atoms with E-state index in [9.17, 15) is 14.4 Å². The molecule has 0 aromatic carbocycles. The third-order valence-electron chi connectivity index (χ3n) is 1.86. The van der Waals surface area contributed by atoms with Crippen LogP contribution in [0.1, 0.15) is 15.5 Å². The number of hydrogen-bond acceptors (Lipinski definition) is 5. The van der Waals surface area contributed by atoms with E-state index in [0.717, 1.165) is 11.3 Å². The van der Waals surface area contributed by atoms with Crippen molar-refractivity contribution in [3.05, 3.63) is 16.1 Å². The van der Waals surface area contributed by atoms with Gasteiger partial charge in [-0.05, 0) is 0 Å². The highest BCUT2D eigenvalue weighted by molar-refractivity contribution is 7.09. The first-order chi connectivity index (χ1) is 8.52. The molecule has 0 fully saturated rings. The van der Waals surface area contributed by atoms with Gasteiger partial charge in [0.2, 0.25) is 5.91 Å². The van der Waals surface area contributed by atoms with E-state index in [0.29, 0.717) is 5.01 Å². The number of carboxylic acid groups (broad SMARTS) is 1. The second-order valence-electron chi connectivity index (χ2n) is 3.14. The quantitative estimate of drug-likeness (QED) is 0.569. The molecule has 18 heavy (non-hydrogen) atoms. The summed E-state index contributed by atoms with van der Waals surface area (Å²) in [5.74, 6) is -1.42. The Morgan fingerprint density at radius 2 is 2.11 bits per heavy atom. The van der Waals surface area contributed by atoms with E-state index in [1.54, 1.807) is 0 Å². The Hall–Kier alpha value is -2.16. The standard InChI is InChI=1S/C9H12N4O4S/c1-10-6(14)2-11-9(17)12-3-7-13-5(4-18-7)8(15)16/h4H,2-3H2,1H3,(H,10,14)(H,15,16)(H2,11,12,17). The molecule has 1 aromatic rings. The van der Waals surface area contributed by atoms with E-state index in [2.05, 4.69) is 20.9 Å². The fourth-order valence-corrected chi connectivity index (χ4v) is 1.67. The monoisotopic (exact) mass is 272 g/mol. The van der Waals surface area contributed by atoms with Gasteiger partial charge in [-0.1, -0.05) is 0 Å². The fourth-order valence-electron chi connectivity index (χ4n) is 0.958. The zero-order chi connectivity index (χ0) is 13.5. The van der Waals surface area contributed by atoms with Crippen molar-refractivity contribution in [1.82, 2.24) is 20.9 Å². The molecule has 1 heterocycles. The smallest absolute Gasteiger partial charge is 0.355 e. The number of nitrogens with one attached hydrogen (secondary N) is 3. The van der Waals surface area contributed by atoms with Crippen LogP contribution in [-0.2, 0) is 11.3 Å². The Morgan fingerprint density at radius 3 is 2.67 bits per heavy atom. The molecule has 3 amide bonds. The molecule has 9 heteroatoms. The molecule has 0 saturated carbocycles. The van der Waals surface area contributed by atoms with E-state index in [1.807, 2.05) is 0 Å². The highest BCUT2D eigenvalue weighted by Gasteiger charge is 2.09. The van der Waals surface area contributed by atoms with Crippen molar-refractivity contribution in [1.29, 1.82) is 0 Å². The van der Waals surface area contributed by atoms with Crippen molar-refractivity contribution in [2.75, 3.05) is 13.6 Å². The number of hydrogen-bond donors (Lipinski definition) is 4. The largest absolute Gasteiger partial charge is 0.476 e. The van der Waals surface area contributed by atoms with Gasteiger partial charge < -0.3 is 21.1 Å². The number of carboxylic acids is 1. The third-order valence-corrected chi connectivity index (χ3v) is 2.71. The molecule has 4 N–H and O–H groups in total. The molecule has 1 rings (SSSR count). The van der Waals surface area contributed by atoms with E-state index in [-0.39, 0.29) is 24.7 Å². The first-order valence-corrected chi connectivity index (χ1v) is 5.81. The Labute approximate surface area is 106 Å². The molecular formula is C9H12N4O4S. The lowest BCUT2D eigenvalue weighted by Crippen LogP contribution is -2.40. The Morgan fingerprint density at radius 1 is 1.39 bits per heavy atom. The summed E-state index contributed by atoms with van der Waals surface area (Å²) < 4.78 is 0. The molecule has 0 unspecified atom stereocenters. The fraction of sp³-hybridized carbons (Fsp3) is 0.333. The highest BCUT2D eigenvalue weighted by Crippen LogP contribution is 2.08. The molecule has 0 aliphatic rings. The summed E-state index contributed by atoms with van der Waals surface area (Å²) in [6.45, 7) is -0.0158. The number of aromatic carboxylic acids is 1. The van der Waals surface area contributed by atoms with E-state index in [1.165, 1.54) is 12.4 Å². The molecule has 0 aliphatic heterocycles. The van der Waals surface area contributed by atoms with Crippen LogP contribution in [0.3, 0.4) is 0 Å². The van der Waals surface area contributed by atoms with Crippen LogP contribution in [-0.4, -0.2) is 41.6 Å². The van der Waals surface area contributed by atoms with Gasteiger partial charge >= 0.3 is 12.0 Å². The average Bonchev–Trinajstić information content (AvgIpc) is 2.82. The van der Waals surface area contributed by atoms with Crippen molar-refractivity contribution in [2.24, 2.45) is 0 Å². The molecule has 1 aromatic heterocycles. The van der Waals surface area contributed by atoms with Gasteiger partial charge in [0, 0.05) is 12.4 Å². The lowest BCUT2D eigenvalue weighted by molar-refractivity contribution is -0.119. The van der Waals surface area contributed by atoms with Crippen LogP contribution < -0.4 is 16.0 Å². The summed E-state index contributed by atoms with van der Waals surface area (Å²) in [5, 5.41) is 17.7. The maximum absolute atomic E-state index is 11.2. The number of carbonyl (C=O) groups is 3. The summed E-state index contributed by atoms with van der Waals surface area (Å²) in [7, 11) is 1.46. The number of rotatable bonds is 5. The number of carbonyl (C=O) groups excluding carboxylic acids is 2. The SMILES string of the molecule is CNC(=O)CNC(=O)NCc1nc(C(=O)O)cs1. The zero-order valence-corrected chi connectivity index (χ0v) is 10.3. The van der Waals surface area contributed by atoms with Gasteiger partial charge in [0.15, 0.2) is 5.69 Å². The van der Waals surface area contributed by atoms with Crippen molar-refractivity contribution in [3.8, 4) is 0 Å². The Bertz CT molecular complexity index is 459. The Balaban J connectivity index is 2.33. The predicted molar refractivity (Wildman–Crippen MR) is 63.4 cm³/mol. The van der Waals surface area contributed by atoms with E-state index < -0.39 is 12.0 Å². The van der Waals surface area contributed by atoms with Crippen molar-refractivity contribution in [2.45, 2.75) is 6.54 Å². The van der Waals surface area contributed by atoms with Crippen LogP contribution in [0.2, 0.25) is 0 Å². The minimum Gasteiger partial charge on any atom is -0.476 e. The topological polar surface area (TPSA) is 120 Å². The number of urea groups is 1. The summed E-state index contributed by atoms with van der Waals surface area (Å²) >= 11 is 1.14. The van der Waals surface area contributed by atoms with Gasteiger partial charge in [0.25, 0.3) is 0 Å². The van der Waals surface area contributed by atoms with Crippen molar-refractivity contribution in [3.63, 3.8) is 0 Å². The number of nitrogens with zero attached hydrogens (tertiary/aromatic N) is 1. The molecule has 8 nitrogen and oxygen atoms in total. The van der Waals surface area contributed by atoms with Gasteiger partial charge in [-0.25, -0.2) is 14.6 Å². The van der Waals surface area contributed by atoms with Gasteiger partial charge in [0.05, 0.1) is 13.1 Å². The minimum absolute atomic E-state index is 0.0532. The van der Waals surface area contributed by atoms with Crippen LogP contribution in [0.15, 0.2) is 5.38 Å². The van der Waals surface area contributed by atoms with Gasteiger partial charge in [0.1, 0.15) is 5.01 Å². The molecule has 0 saturated heterocycles. The molecule has 0 atom stereocenters. The van der Waals surface area contributed by atoms with Crippen molar-refractivity contribution >= 4 is 29.2 Å². The summed E-state index contributed by atoms with van der Waals surface area (Å²) in [6.07, 6.45) is 0. The summed E-state index contributed by atoms with van der Waals surface area (Å²) in [4.78, 5) is 36.4. The van der Waals surface area contributed by atoms with Gasteiger partial charge in [-0.3, -0.25) is 4.79 Å². The molecule has 0 bridgehead atoms. The average molecular weight is 272 g/mol. The molecule has 0 spiro atoms. The number of thiazole rings is 1. The molecule has 0 radical (unpaired) electrons. The molecule has 98 valence electrons. The number of aromatic nitrogens is 1. The summed E-state index contributed by atoms with van der Waals surface area (Å²) in [6, 6.07) is -0.523. The second kappa shape index (κ2) is 6.55. The molecular weight excluding hydrogens is 260 g/mol. The highest BCUT2D eigenvalue weighted by atomic mass is 32.1. The second-order valence-corrected chi connectivity index (χ2v) is 4.08. The lowest BCUT2D eigenvalue weighted by Gasteiger charge is -2.04. The van der Waals surface area contributed by atoms with Crippen molar-refractivity contribution < 1.29 is 19.5 Å². The molecule has 0 aliphatic carbocycles. The Kier molecular flexibility index (Phi) is 5.06. The van der Waals surface area contributed by atoms with Crippen LogP contribution in [0.5, 0.6) is 0 Å². The van der Waals surface area contributed by atoms with Gasteiger partial charge in [-0.15, -0.1) is 11.3 Å². The summed E-state index contributed by atoms with van der Waals surface area (Å²) in [5.41, 5.74) is -0.0532. The maximum atomic E-state index is 11.2. The zero-order valence-electron chi connectivity index (χ0n) is 9.52. The first kappa shape index (κ1) is 13.9. The number of likely N-dealkylation sites (N-methyl/N-ethyl adjacent to an activating group) is 1. The van der Waals surface area contributed by atoms with Gasteiger partial charge in [-0.2, -0.15) is 0 Å². The predicted octanol–water partition coefficient (Wildman–Crippen LogP) is -0.614. The van der Waals surface area contributed by atoms with Crippen LogP contribution in [0.25, 0.3) is 0 Å². The third kappa shape index (κ3) is 4.37.